The minimum atomic E-state index is -0.969. The highest BCUT2D eigenvalue weighted by Gasteiger charge is 2.29. The average molecular weight is 364 g/mol. The summed E-state index contributed by atoms with van der Waals surface area (Å²) in [6, 6.07) is 13.1. The smallest absolute Gasteiger partial charge is 0.313 e. The van der Waals surface area contributed by atoms with Crippen LogP contribution in [0.2, 0.25) is 0 Å². The number of carboxylic acids is 1. The summed E-state index contributed by atoms with van der Waals surface area (Å²) in [4.78, 5) is 27.1. The predicted octanol–water partition coefficient (Wildman–Crippen LogP) is 4.27. The molecule has 2 aromatic carbocycles. The first-order valence-electron chi connectivity index (χ1n) is 9.04. The lowest BCUT2D eigenvalue weighted by atomic mass is 9.85. The maximum absolute atomic E-state index is 12.4. The summed E-state index contributed by atoms with van der Waals surface area (Å²) in [6.07, 6.45) is 3.10. The van der Waals surface area contributed by atoms with E-state index in [0.29, 0.717) is 11.3 Å². The molecule has 3 rings (SSSR count). The summed E-state index contributed by atoms with van der Waals surface area (Å²) in [5.41, 5.74) is 3.65. The molecule has 5 nitrogen and oxygen atoms in total. The van der Waals surface area contributed by atoms with Crippen LogP contribution in [0.15, 0.2) is 48.7 Å². The van der Waals surface area contributed by atoms with Gasteiger partial charge in [-0.05, 0) is 49.1 Å². The lowest BCUT2D eigenvalue weighted by Gasteiger charge is -2.19. The van der Waals surface area contributed by atoms with E-state index in [9.17, 15) is 14.7 Å². The van der Waals surface area contributed by atoms with Crippen LogP contribution in [-0.4, -0.2) is 22.0 Å². The molecule has 140 valence electrons. The zero-order valence-electron chi connectivity index (χ0n) is 15.8. The van der Waals surface area contributed by atoms with Crippen LogP contribution in [0.3, 0.4) is 0 Å². The summed E-state index contributed by atoms with van der Waals surface area (Å²) in [6.45, 7) is 5.42. The number of hydrogen-bond acceptors (Lipinski definition) is 2. The molecule has 5 heteroatoms. The number of hydrogen-bond donors (Lipinski definition) is 3. The van der Waals surface area contributed by atoms with Crippen molar-refractivity contribution in [3.63, 3.8) is 0 Å². The van der Waals surface area contributed by atoms with Crippen molar-refractivity contribution in [3.8, 4) is 0 Å². The van der Waals surface area contributed by atoms with Crippen LogP contribution in [-0.2, 0) is 27.8 Å². The Balaban J connectivity index is 1.72. The summed E-state index contributed by atoms with van der Waals surface area (Å²) in [5, 5.41) is 13.3. The second-order valence-electron chi connectivity index (χ2n) is 7.24. The van der Waals surface area contributed by atoms with Gasteiger partial charge in [0, 0.05) is 22.8 Å². The van der Waals surface area contributed by atoms with Gasteiger partial charge >= 0.3 is 5.97 Å². The largest absolute Gasteiger partial charge is 0.481 e. The molecular weight excluding hydrogens is 340 g/mol. The molecular formula is C22H24N2O3. The third kappa shape index (κ3) is 3.72. The number of aryl methyl sites for hydroxylation is 1. The Labute approximate surface area is 158 Å². The van der Waals surface area contributed by atoms with E-state index in [1.807, 2.05) is 18.3 Å². The minimum Gasteiger partial charge on any atom is -0.481 e. The fraction of sp³-hybridized carbons (Fsp3) is 0.273. The van der Waals surface area contributed by atoms with Crippen molar-refractivity contribution >= 4 is 28.5 Å². The average Bonchev–Trinajstić information content (AvgIpc) is 3.05. The molecule has 0 aliphatic carbocycles. The third-order valence-electron chi connectivity index (χ3n) is 5.04. The van der Waals surface area contributed by atoms with Gasteiger partial charge in [-0.2, -0.15) is 0 Å². The quantitative estimate of drug-likeness (QED) is 0.611. The SMILES string of the molecule is CCc1cccc2c(CC(=O)Nc3ccc(C(C)(C)C(=O)O)cc3)c[nH]c12. The number of fused-ring (bicyclic) bond motifs is 1. The van der Waals surface area contributed by atoms with Gasteiger partial charge < -0.3 is 15.4 Å². The van der Waals surface area contributed by atoms with Gasteiger partial charge in [-0.1, -0.05) is 37.3 Å². The normalized spacial score (nSPS) is 11.5. The fourth-order valence-electron chi connectivity index (χ4n) is 3.19. The number of para-hydroxylation sites is 1. The number of amides is 1. The van der Waals surface area contributed by atoms with Gasteiger partial charge in [0.15, 0.2) is 0 Å². The Bertz CT molecular complexity index is 984. The van der Waals surface area contributed by atoms with Crippen LogP contribution >= 0.6 is 0 Å². The molecule has 0 spiro atoms. The molecule has 0 aliphatic heterocycles. The highest BCUT2D eigenvalue weighted by Crippen LogP contribution is 2.25. The van der Waals surface area contributed by atoms with Crippen LogP contribution in [0.5, 0.6) is 0 Å². The van der Waals surface area contributed by atoms with Crippen molar-refractivity contribution in [2.75, 3.05) is 5.32 Å². The number of rotatable bonds is 6. The number of carbonyl (C=O) groups excluding carboxylic acids is 1. The van der Waals surface area contributed by atoms with Crippen molar-refractivity contribution in [2.45, 2.75) is 39.0 Å². The number of benzene rings is 2. The number of anilines is 1. The van der Waals surface area contributed by atoms with Gasteiger partial charge in [0.1, 0.15) is 0 Å². The first-order chi connectivity index (χ1) is 12.8. The molecule has 0 fully saturated rings. The maximum atomic E-state index is 12.4. The summed E-state index contributed by atoms with van der Waals surface area (Å²) >= 11 is 0. The lowest BCUT2D eigenvalue weighted by Crippen LogP contribution is -2.28. The highest BCUT2D eigenvalue weighted by atomic mass is 16.4. The Hall–Kier alpha value is -3.08. The van der Waals surface area contributed by atoms with Crippen LogP contribution in [0, 0.1) is 0 Å². The van der Waals surface area contributed by atoms with E-state index >= 15 is 0 Å². The summed E-state index contributed by atoms with van der Waals surface area (Å²) < 4.78 is 0. The number of nitrogens with one attached hydrogen (secondary N) is 2. The lowest BCUT2D eigenvalue weighted by molar-refractivity contribution is -0.142. The van der Waals surface area contributed by atoms with E-state index < -0.39 is 11.4 Å². The van der Waals surface area contributed by atoms with E-state index in [0.717, 1.165) is 22.9 Å². The second kappa shape index (κ2) is 7.27. The van der Waals surface area contributed by atoms with E-state index in [1.54, 1.807) is 38.1 Å². The Kier molecular flexibility index (Phi) is 5.04. The molecule has 1 aromatic heterocycles. The van der Waals surface area contributed by atoms with Gasteiger partial charge in [-0.15, -0.1) is 0 Å². The number of aromatic amines is 1. The van der Waals surface area contributed by atoms with Gasteiger partial charge in [-0.3, -0.25) is 9.59 Å². The zero-order valence-corrected chi connectivity index (χ0v) is 15.8. The maximum Gasteiger partial charge on any atom is 0.313 e. The predicted molar refractivity (Wildman–Crippen MR) is 107 cm³/mol. The summed E-state index contributed by atoms with van der Waals surface area (Å²) in [7, 11) is 0. The van der Waals surface area contributed by atoms with E-state index in [1.165, 1.54) is 5.56 Å². The number of carboxylic acid groups (broad SMARTS) is 1. The van der Waals surface area contributed by atoms with Gasteiger partial charge in [0.25, 0.3) is 0 Å². The molecule has 0 atom stereocenters. The van der Waals surface area contributed by atoms with Crippen LogP contribution in [0.25, 0.3) is 10.9 Å². The highest BCUT2D eigenvalue weighted by molar-refractivity contribution is 5.96. The topological polar surface area (TPSA) is 82.2 Å². The van der Waals surface area contributed by atoms with E-state index in [-0.39, 0.29) is 12.3 Å². The molecule has 3 N–H and O–H groups in total. The standard InChI is InChI=1S/C22H24N2O3/c1-4-14-6-5-7-18-15(13-23-20(14)18)12-19(25)24-17-10-8-16(9-11-17)22(2,3)21(26)27/h5-11,13,23H,4,12H2,1-3H3,(H,24,25)(H,26,27). The molecule has 1 heterocycles. The number of carbonyl (C=O) groups is 2. The number of aliphatic carboxylic acids is 1. The van der Waals surface area contributed by atoms with E-state index in [4.69, 9.17) is 0 Å². The van der Waals surface area contributed by atoms with Crippen molar-refractivity contribution in [1.82, 2.24) is 4.98 Å². The van der Waals surface area contributed by atoms with Crippen LogP contribution in [0.4, 0.5) is 5.69 Å². The molecule has 0 unspecified atom stereocenters. The van der Waals surface area contributed by atoms with Gasteiger partial charge in [-0.25, -0.2) is 0 Å². The molecule has 0 radical (unpaired) electrons. The molecule has 0 saturated heterocycles. The molecule has 1 amide bonds. The molecule has 0 bridgehead atoms. The van der Waals surface area contributed by atoms with Crippen molar-refractivity contribution in [2.24, 2.45) is 0 Å². The zero-order chi connectivity index (χ0) is 19.6. The Morgan fingerprint density at radius 3 is 2.41 bits per heavy atom. The molecule has 0 saturated carbocycles. The minimum absolute atomic E-state index is 0.108. The van der Waals surface area contributed by atoms with Crippen molar-refractivity contribution in [1.29, 1.82) is 0 Å². The fourth-order valence-corrected chi connectivity index (χ4v) is 3.19. The third-order valence-corrected chi connectivity index (χ3v) is 5.04. The number of aromatic nitrogens is 1. The Morgan fingerprint density at radius 1 is 1.07 bits per heavy atom. The second-order valence-corrected chi connectivity index (χ2v) is 7.24. The van der Waals surface area contributed by atoms with Gasteiger partial charge in [0.2, 0.25) is 5.91 Å². The first kappa shape index (κ1) is 18.7. The van der Waals surface area contributed by atoms with Crippen molar-refractivity contribution < 1.29 is 14.7 Å². The monoisotopic (exact) mass is 364 g/mol. The van der Waals surface area contributed by atoms with Crippen LogP contribution in [0.1, 0.15) is 37.5 Å². The summed E-state index contributed by atoms with van der Waals surface area (Å²) in [5.74, 6) is -0.992. The van der Waals surface area contributed by atoms with E-state index in [2.05, 4.69) is 23.3 Å². The number of H-pyrrole nitrogens is 1. The van der Waals surface area contributed by atoms with Crippen LogP contribution < -0.4 is 5.32 Å². The Morgan fingerprint density at radius 2 is 1.78 bits per heavy atom. The van der Waals surface area contributed by atoms with Gasteiger partial charge in [0.05, 0.1) is 11.8 Å². The molecule has 0 aliphatic rings. The molecule has 3 aromatic rings. The van der Waals surface area contributed by atoms with Crippen molar-refractivity contribution in [3.05, 3.63) is 65.4 Å². The first-order valence-corrected chi connectivity index (χ1v) is 9.04. The molecule has 27 heavy (non-hydrogen) atoms.